The van der Waals surface area contributed by atoms with Crippen molar-refractivity contribution in [2.45, 2.75) is 13.5 Å². The predicted molar refractivity (Wildman–Crippen MR) is 129 cm³/mol. The Kier molecular flexibility index (Phi) is 6.41. The molecular weight excluding hydrogens is 501 g/mol. The van der Waals surface area contributed by atoms with Gasteiger partial charge in [-0.05, 0) is 48.4 Å². The minimum absolute atomic E-state index is 0.264. The van der Waals surface area contributed by atoms with Gasteiger partial charge in [0, 0.05) is 4.47 Å². The van der Waals surface area contributed by atoms with Gasteiger partial charge >= 0.3 is 0 Å². The highest BCUT2D eigenvalue weighted by molar-refractivity contribution is 9.10. The molecule has 0 aliphatic heterocycles. The van der Waals surface area contributed by atoms with Crippen LogP contribution in [-0.2, 0) is 6.61 Å². The number of rotatable bonds is 5. The molecule has 0 bridgehead atoms. The predicted octanol–water partition coefficient (Wildman–Crippen LogP) is 6.24. The van der Waals surface area contributed by atoms with Gasteiger partial charge in [-0.2, -0.15) is 9.78 Å². The lowest BCUT2D eigenvalue weighted by atomic mass is 10.2. The molecule has 0 spiro atoms. The van der Waals surface area contributed by atoms with Crippen molar-refractivity contribution >= 4 is 56.2 Å². The molecule has 0 fully saturated rings. The van der Waals surface area contributed by atoms with Crippen molar-refractivity contribution in [3.05, 3.63) is 102 Å². The molecular formula is C23H16BrCl2N3O2. The standard InChI is InChI=1S/C23H16BrCl2N3O2/c1-14-28-21-8-7-17(24)11-18(21)23(30)29(14)27-12-16-9-19(25)22(20(26)10-16)31-13-15-5-3-2-4-6-15/h2-12H,13H2,1H3. The zero-order chi connectivity index (χ0) is 22.0. The van der Waals surface area contributed by atoms with Crippen LogP contribution in [-0.4, -0.2) is 15.9 Å². The van der Waals surface area contributed by atoms with Gasteiger partial charge in [-0.25, -0.2) is 4.98 Å². The van der Waals surface area contributed by atoms with Gasteiger partial charge in [-0.15, -0.1) is 0 Å². The molecule has 1 aromatic heterocycles. The number of halogens is 3. The molecule has 0 saturated carbocycles. The molecule has 3 aromatic carbocycles. The van der Waals surface area contributed by atoms with E-state index in [-0.39, 0.29) is 5.56 Å². The van der Waals surface area contributed by atoms with Gasteiger partial charge in [-0.1, -0.05) is 69.5 Å². The number of hydrogen-bond acceptors (Lipinski definition) is 4. The second-order valence-electron chi connectivity index (χ2n) is 6.77. The van der Waals surface area contributed by atoms with Gasteiger partial charge in [-0.3, -0.25) is 4.79 Å². The highest BCUT2D eigenvalue weighted by atomic mass is 79.9. The number of hydrogen-bond donors (Lipinski definition) is 0. The van der Waals surface area contributed by atoms with E-state index in [2.05, 4.69) is 26.0 Å². The van der Waals surface area contributed by atoms with E-state index in [4.69, 9.17) is 27.9 Å². The van der Waals surface area contributed by atoms with Crippen molar-refractivity contribution in [3.63, 3.8) is 0 Å². The molecule has 0 radical (unpaired) electrons. The van der Waals surface area contributed by atoms with E-state index >= 15 is 0 Å². The quantitative estimate of drug-likeness (QED) is 0.295. The minimum atomic E-state index is -0.264. The lowest BCUT2D eigenvalue weighted by Crippen LogP contribution is -2.20. The fraction of sp³-hybridized carbons (Fsp3) is 0.0870. The molecule has 0 aliphatic rings. The molecule has 4 rings (SSSR count). The van der Waals surface area contributed by atoms with E-state index in [0.717, 1.165) is 10.0 Å². The molecule has 31 heavy (non-hydrogen) atoms. The Bertz CT molecular complexity index is 1330. The lowest BCUT2D eigenvalue weighted by Gasteiger charge is -2.11. The molecule has 1 heterocycles. The summed E-state index contributed by atoms with van der Waals surface area (Å²) in [5.41, 5.74) is 1.98. The summed E-state index contributed by atoms with van der Waals surface area (Å²) < 4.78 is 7.83. The highest BCUT2D eigenvalue weighted by Crippen LogP contribution is 2.34. The minimum Gasteiger partial charge on any atom is -0.486 e. The Hall–Kier alpha value is -2.67. The van der Waals surface area contributed by atoms with Crippen LogP contribution in [0.15, 0.2) is 75.0 Å². The maximum atomic E-state index is 12.8. The van der Waals surface area contributed by atoms with E-state index < -0.39 is 0 Å². The zero-order valence-corrected chi connectivity index (χ0v) is 19.4. The van der Waals surface area contributed by atoms with Gasteiger partial charge in [0.1, 0.15) is 12.4 Å². The second-order valence-corrected chi connectivity index (χ2v) is 8.50. The van der Waals surface area contributed by atoms with Gasteiger partial charge in [0.2, 0.25) is 0 Å². The molecule has 0 saturated heterocycles. The van der Waals surface area contributed by atoms with Crippen molar-refractivity contribution in [1.82, 2.24) is 9.66 Å². The SMILES string of the molecule is Cc1nc2ccc(Br)cc2c(=O)n1N=Cc1cc(Cl)c(OCc2ccccc2)c(Cl)c1. The largest absolute Gasteiger partial charge is 0.486 e. The van der Waals surface area contributed by atoms with Crippen LogP contribution in [0.1, 0.15) is 17.0 Å². The summed E-state index contributed by atoms with van der Waals surface area (Å²) in [6, 6.07) is 18.4. The van der Waals surface area contributed by atoms with Crippen LogP contribution in [0.4, 0.5) is 0 Å². The van der Waals surface area contributed by atoms with Crippen molar-refractivity contribution in [3.8, 4) is 5.75 Å². The Morgan fingerprint density at radius 2 is 1.81 bits per heavy atom. The number of benzene rings is 3. The number of aryl methyl sites for hydroxylation is 1. The number of nitrogens with zero attached hydrogens (tertiary/aromatic N) is 3. The van der Waals surface area contributed by atoms with Crippen LogP contribution in [0.25, 0.3) is 10.9 Å². The molecule has 8 heteroatoms. The smallest absolute Gasteiger partial charge is 0.282 e. The van der Waals surface area contributed by atoms with Crippen LogP contribution < -0.4 is 10.3 Å². The zero-order valence-electron chi connectivity index (χ0n) is 16.3. The maximum Gasteiger partial charge on any atom is 0.282 e. The molecule has 0 N–H and O–H groups in total. The third-order valence-electron chi connectivity index (χ3n) is 4.54. The number of ether oxygens (including phenoxy) is 1. The maximum absolute atomic E-state index is 12.8. The summed E-state index contributed by atoms with van der Waals surface area (Å²) in [5, 5.41) is 5.49. The Morgan fingerprint density at radius 1 is 1.10 bits per heavy atom. The fourth-order valence-electron chi connectivity index (χ4n) is 3.04. The molecule has 156 valence electrons. The summed E-state index contributed by atoms with van der Waals surface area (Å²) in [4.78, 5) is 17.3. The lowest BCUT2D eigenvalue weighted by molar-refractivity contribution is 0.306. The number of fused-ring (bicyclic) bond motifs is 1. The van der Waals surface area contributed by atoms with Crippen molar-refractivity contribution in [2.24, 2.45) is 5.10 Å². The summed E-state index contributed by atoms with van der Waals surface area (Å²) in [6.07, 6.45) is 1.51. The van der Waals surface area contributed by atoms with E-state index in [9.17, 15) is 4.79 Å². The van der Waals surface area contributed by atoms with E-state index in [1.54, 1.807) is 31.2 Å². The summed E-state index contributed by atoms with van der Waals surface area (Å²) in [6.45, 7) is 2.07. The van der Waals surface area contributed by atoms with E-state index in [1.165, 1.54) is 10.9 Å². The van der Waals surface area contributed by atoms with E-state index in [1.807, 2.05) is 36.4 Å². The van der Waals surface area contributed by atoms with Crippen LogP contribution in [0, 0.1) is 6.92 Å². The van der Waals surface area contributed by atoms with Gasteiger partial charge in [0.25, 0.3) is 5.56 Å². The number of aromatic nitrogens is 2. The summed E-state index contributed by atoms with van der Waals surface area (Å²) in [7, 11) is 0. The van der Waals surface area contributed by atoms with Crippen molar-refractivity contribution < 1.29 is 4.74 Å². The average Bonchev–Trinajstić information content (AvgIpc) is 2.74. The first-order chi connectivity index (χ1) is 14.9. The topological polar surface area (TPSA) is 56.5 Å². The van der Waals surface area contributed by atoms with Crippen LogP contribution in [0.2, 0.25) is 10.0 Å². The third kappa shape index (κ3) is 4.82. The van der Waals surface area contributed by atoms with E-state index in [0.29, 0.717) is 44.7 Å². The second kappa shape index (κ2) is 9.22. The van der Waals surface area contributed by atoms with Crippen LogP contribution in [0.5, 0.6) is 5.75 Å². The van der Waals surface area contributed by atoms with Gasteiger partial charge in [0.05, 0.1) is 27.2 Å². The monoisotopic (exact) mass is 515 g/mol. The molecule has 5 nitrogen and oxygen atoms in total. The van der Waals surface area contributed by atoms with Crippen molar-refractivity contribution in [2.75, 3.05) is 0 Å². The van der Waals surface area contributed by atoms with Crippen LogP contribution in [0.3, 0.4) is 0 Å². The first kappa shape index (κ1) is 21.6. The average molecular weight is 517 g/mol. The summed E-state index contributed by atoms with van der Waals surface area (Å²) in [5.74, 6) is 0.867. The van der Waals surface area contributed by atoms with Gasteiger partial charge < -0.3 is 4.74 Å². The molecule has 0 amide bonds. The summed E-state index contributed by atoms with van der Waals surface area (Å²) >= 11 is 16.1. The highest BCUT2D eigenvalue weighted by Gasteiger charge is 2.11. The molecule has 0 aliphatic carbocycles. The Morgan fingerprint density at radius 3 is 2.52 bits per heavy atom. The fourth-order valence-corrected chi connectivity index (χ4v) is 4.02. The first-order valence-electron chi connectivity index (χ1n) is 9.31. The molecule has 0 unspecified atom stereocenters. The van der Waals surface area contributed by atoms with Gasteiger partial charge in [0.15, 0.2) is 5.75 Å². The van der Waals surface area contributed by atoms with Crippen molar-refractivity contribution in [1.29, 1.82) is 0 Å². The Labute approximate surface area is 197 Å². The third-order valence-corrected chi connectivity index (χ3v) is 5.59. The normalized spacial score (nSPS) is 11.4. The first-order valence-corrected chi connectivity index (χ1v) is 10.9. The molecule has 4 aromatic rings. The van der Waals surface area contributed by atoms with Crippen LogP contribution >= 0.6 is 39.1 Å². The molecule has 0 atom stereocenters. The Balaban J connectivity index is 1.62.